The minimum atomic E-state index is -0.565. The van der Waals surface area contributed by atoms with Crippen molar-refractivity contribution in [1.29, 1.82) is 0 Å². The summed E-state index contributed by atoms with van der Waals surface area (Å²) >= 11 is 0. The highest BCUT2D eigenvalue weighted by molar-refractivity contribution is 5.23. The number of aryl methyl sites for hydroxylation is 1. The summed E-state index contributed by atoms with van der Waals surface area (Å²) in [5.74, 6) is 5.08. The normalized spacial score (nSPS) is 12.6. The van der Waals surface area contributed by atoms with Gasteiger partial charge in [0.25, 0.3) is 0 Å². The molecule has 0 bridgehead atoms. The zero-order valence-electron chi connectivity index (χ0n) is 10.5. The van der Waals surface area contributed by atoms with Gasteiger partial charge in [-0.05, 0) is 25.1 Å². The van der Waals surface area contributed by atoms with Crippen molar-refractivity contribution in [3.63, 3.8) is 0 Å². The lowest BCUT2D eigenvalue weighted by molar-refractivity contribution is 0.480. The Bertz CT molecular complexity index is 555. The van der Waals surface area contributed by atoms with Crippen LogP contribution in [0.2, 0.25) is 0 Å². The molecule has 0 aliphatic heterocycles. The summed E-state index contributed by atoms with van der Waals surface area (Å²) in [7, 11) is 0. The lowest BCUT2D eigenvalue weighted by Crippen LogP contribution is -2.31. The van der Waals surface area contributed by atoms with Gasteiger partial charge in [0.1, 0.15) is 23.8 Å². The number of hydrazine groups is 1. The van der Waals surface area contributed by atoms with E-state index in [9.17, 15) is 8.78 Å². The summed E-state index contributed by atoms with van der Waals surface area (Å²) < 4.78 is 28.6. The molecule has 2 aromatic rings. The molecule has 5 nitrogen and oxygen atoms in total. The van der Waals surface area contributed by atoms with Gasteiger partial charge < -0.3 is 0 Å². The van der Waals surface area contributed by atoms with Crippen molar-refractivity contribution in [3.05, 3.63) is 47.5 Å². The van der Waals surface area contributed by atoms with E-state index in [1.807, 2.05) is 6.92 Å². The first-order valence-corrected chi connectivity index (χ1v) is 5.93. The number of nitrogens with zero attached hydrogens (tertiary/aromatic N) is 3. The average molecular weight is 267 g/mol. The second-order valence-corrected chi connectivity index (χ2v) is 4.08. The van der Waals surface area contributed by atoms with Crippen LogP contribution in [0.5, 0.6) is 0 Å². The third-order valence-electron chi connectivity index (χ3n) is 2.92. The van der Waals surface area contributed by atoms with E-state index >= 15 is 0 Å². The molecule has 0 fully saturated rings. The Labute approximate surface area is 109 Å². The summed E-state index contributed by atoms with van der Waals surface area (Å²) in [5, 5.41) is 4.02. The number of halogens is 2. The Kier molecular flexibility index (Phi) is 4.18. The molecule has 1 aromatic heterocycles. The van der Waals surface area contributed by atoms with Gasteiger partial charge in [-0.1, -0.05) is 0 Å². The minimum Gasteiger partial charge on any atom is -0.271 e. The molecule has 7 heteroatoms. The molecule has 2 rings (SSSR count). The molecule has 19 heavy (non-hydrogen) atoms. The zero-order chi connectivity index (χ0) is 13.8. The van der Waals surface area contributed by atoms with E-state index < -0.39 is 17.7 Å². The summed E-state index contributed by atoms with van der Waals surface area (Å²) in [4.78, 5) is 4.09. The molecule has 0 aliphatic carbocycles. The third kappa shape index (κ3) is 2.94. The highest BCUT2D eigenvalue weighted by Crippen LogP contribution is 2.21. The Morgan fingerprint density at radius 2 is 2.21 bits per heavy atom. The van der Waals surface area contributed by atoms with E-state index in [2.05, 4.69) is 15.5 Å². The highest BCUT2D eigenvalue weighted by Gasteiger charge is 2.18. The van der Waals surface area contributed by atoms with Gasteiger partial charge in [0.2, 0.25) is 0 Å². The van der Waals surface area contributed by atoms with Crippen LogP contribution >= 0.6 is 0 Å². The lowest BCUT2D eigenvalue weighted by Gasteiger charge is -2.17. The highest BCUT2D eigenvalue weighted by atomic mass is 19.1. The van der Waals surface area contributed by atoms with E-state index in [0.717, 1.165) is 18.2 Å². The quantitative estimate of drug-likeness (QED) is 0.633. The van der Waals surface area contributed by atoms with Crippen LogP contribution in [0.3, 0.4) is 0 Å². The standard InChI is InChI=1S/C12H15F2N5/c1-2-19-12(16-7-17-19)6-11(18-15)9-5-8(13)3-4-10(9)14/h3-5,7,11,18H,2,6,15H2,1H3. The van der Waals surface area contributed by atoms with Crippen LogP contribution in [0, 0.1) is 11.6 Å². The lowest BCUT2D eigenvalue weighted by atomic mass is 10.0. The Morgan fingerprint density at radius 1 is 1.42 bits per heavy atom. The van der Waals surface area contributed by atoms with Crippen molar-refractivity contribution >= 4 is 0 Å². The van der Waals surface area contributed by atoms with E-state index in [0.29, 0.717) is 18.8 Å². The van der Waals surface area contributed by atoms with Crippen LogP contribution in [0.1, 0.15) is 24.4 Å². The molecule has 3 N–H and O–H groups in total. The molecule has 1 heterocycles. The van der Waals surface area contributed by atoms with E-state index in [1.165, 1.54) is 6.33 Å². The third-order valence-corrected chi connectivity index (χ3v) is 2.92. The first-order chi connectivity index (χ1) is 9.15. The van der Waals surface area contributed by atoms with Crippen molar-refractivity contribution in [3.8, 4) is 0 Å². The van der Waals surface area contributed by atoms with Gasteiger partial charge >= 0.3 is 0 Å². The molecule has 0 spiro atoms. The summed E-state index contributed by atoms with van der Waals surface area (Å²) in [5.41, 5.74) is 2.66. The molecule has 0 radical (unpaired) electrons. The molecule has 0 saturated carbocycles. The number of hydrogen-bond donors (Lipinski definition) is 2. The van der Waals surface area contributed by atoms with Gasteiger partial charge in [-0.2, -0.15) is 5.10 Å². The second-order valence-electron chi connectivity index (χ2n) is 4.08. The molecular formula is C12H15F2N5. The fourth-order valence-corrected chi connectivity index (χ4v) is 1.93. The van der Waals surface area contributed by atoms with Gasteiger partial charge in [0.15, 0.2) is 0 Å². The van der Waals surface area contributed by atoms with Crippen LogP contribution in [-0.4, -0.2) is 14.8 Å². The smallest absolute Gasteiger partial charge is 0.138 e. The molecule has 0 saturated heterocycles. The molecular weight excluding hydrogens is 252 g/mol. The number of aromatic nitrogens is 3. The van der Waals surface area contributed by atoms with E-state index in [-0.39, 0.29) is 5.56 Å². The summed E-state index contributed by atoms with van der Waals surface area (Å²) in [6.07, 6.45) is 1.75. The van der Waals surface area contributed by atoms with E-state index in [4.69, 9.17) is 5.84 Å². The molecule has 1 atom stereocenters. The van der Waals surface area contributed by atoms with Gasteiger partial charge in [0, 0.05) is 18.5 Å². The van der Waals surface area contributed by atoms with Crippen molar-refractivity contribution in [2.24, 2.45) is 5.84 Å². The van der Waals surface area contributed by atoms with Crippen LogP contribution < -0.4 is 11.3 Å². The van der Waals surface area contributed by atoms with Gasteiger partial charge in [-0.25, -0.2) is 13.8 Å². The maximum Gasteiger partial charge on any atom is 0.138 e. The summed E-state index contributed by atoms with van der Waals surface area (Å²) in [6, 6.07) is 2.72. The monoisotopic (exact) mass is 267 g/mol. The SMILES string of the molecule is CCn1ncnc1CC(NN)c1cc(F)ccc1F. The topological polar surface area (TPSA) is 68.8 Å². The zero-order valence-corrected chi connectivity index (χ0v) is 10.5. The van der Waals surface area contributed by atoms with Gasteiger partial charge in [-0.3, -0.25) is 16.0 Å². The predicted molar refractivity (Wildman–Crippen MR) is 65.8 cm³/mol. The van der Waals surface area contributed by atoms with Crippen molar-refractivity contribution in [2.75, 3.05) is 0 Å². The molecule has 1 aromatic carbocycles. The first kappa shape index (κ1) is 13.6. The number of nitrogens with two attached hydrogens (primary N) is 1. The van der Waals surface area contributed by atoms with Gasteiger partial charge in [0.05, 0.1) is 6.04 Å². The van der Waals surface area contributed by atoms with Gasteiger partial charge in [-0.15, -0.1) is 0 Å². The average Bonchev–Trinajstić information content (AvgIpc) is 2.86. The van der Waals surface area contributed by atoms with Crippen molar-refractivity contribution in [1.82, 2.24) is 20.2 Å². The number of benzene rings is 1. The Hall–Kier alpha value is -1.86. The Balaban J connectivity index is 2.27. The molecule has 102 valence electrons. The number of rotatable bonds is 5. The summed E-state index contributed by atoms with van der Waals surface area (Å²) in [6.45, 7) is 2.57. The predicted octanol–water partition coefficient (Wildman–Crippen LogP) is 1.32. The number of nitrogens with one attached hydrogen (secondary N) is 1. The molecule has 0 amide bonds. The Morgan fingerprint density at radius 3 is 2.89 bits per heavy atom. The number of hydrogen-bond acceptors (Lipinski definition) is 4. The van der Waals surface area contributed by atoms with E-state index in [1.54, 1.807) is 4.68 Å². The van der Waals surface area contributed by atoms with Crippen LogP contribution in [0.15, 0.2) is 24.5 Å². The maximum atomic E-state index is 13.7. The van der Waals surface area contributed by atoms with Crippen molar-refractivity contribution in [2.45, 2.75) is 25.9 Å². The fourth-order valence-electron chi connectivity index (χ4n) is 1.93. The van der Waals surface area contributed by atoms with Crippen molar-refractivity contribution < 1.29 is 8.78 Å². The molecule has 1 unspecified atom stereocenters. The van der Waals surface area contributed by atoms with Crippen LogP contribution in [0.25, 0.3) is 0 Å². The molecule has 0 aliphatic rings. The minimum absolute atomic E-state index is 0.174. The van der Waals surface area contributed by atoms with Crippen LogP contribution in [-0.2, 0) is 13.0 Å². The largest absolute Gasteiger partial charge is 0.271 e. The van der Waals surface area contributed by atoms with Crippen LogP contribution in [0.4, 0.5) is 8.78 Å². The second kappa shape index (κ2) is 5.85. The fraction of sp³-hybridized carbons (Fsp3) is 0.333. The first-order valence-electron chi connectivity index (χ1n) is 5.93. The maximum absolute atomic E-state index is 13.7.